The minimum absolute atomic E-state index is 0.585. The SMILES string of the molecule is C#Cc1sc2cnc(Nc3ccc(N4CCNCC4)cn3)cc2c1C1CCCC1. The summed E-state index contributed by atoms with van der Waals surface area (Å²) in [5.74, 6) is 5.13. The van der Waals surface area contributed by atoms with Gasteiger partial charge in [0.1, 0.15) is 11.6 Å². The number of fused-ring (bicyclic) bond motifs is 1. The summed E-state index contributed by atoms with van der Waals surface area (Å²) in [4.78, 5) is 12.6. The maximum absolute atomic E-state index is 5.83. The Hall–Kier alpha value is -2.62. The predicted molar refractivity (Wildman–Crippen MR) is 121 cm³/mol. The van der Waals surface area contributed by atoms with Crippen molar-refractivity contribution >= 4 is 38.7 Å². The van der Waals surface area contributed by atoms with Crippen LogP contribution < -0.4 is 15.5 Å². The van der Waals surface area contributed by atoms with Gasteiger partial charge in [0.25, 0.3) is 0 Å². The standard InChI is InChI=1S/C23H25N5S/c1-2-19-23(16-5-3-4-6-16)18-13-22(26-15-20(18)29-19)27-21-8-7-17(14-25-21)28-11-9-24-10-12-28/h1,7-8,13-16,24H,3-6,9-12H2,(H,25,26,27). The molecule has 0 atom stereocenters. The average molecular weight is 404 g/mol. The Bertz CT molecular complexity index is 1040. The monoisotopic (exact) mass is 403 g/mol. The number of pyridine rings is 2. The first kappa shape index (κ1) is 18.4. The second kappa shape index (κ2) is 8.02. The van der Waals surface area contributed by atoms with Gasteiger partial charge in [-0.15, -0.1) is 17.8 Å². The number of terminal acetylenes is 1. The molecule has 0 unspecified atom stereocenters. The van der Waals surface area contributed by atoms with Crippen LogP contribution in [0.4, 0.5) is 17.3 Å². The number of rotatable bonds is 4. The van der Waals surface area contributed by atoms with Crippen molar-refractivity contribution in [1.29, 1.82) is 0 Å². The van der Waals surface area contributed by atoms with E-state index in [1.807, 2.05) is 18.5 Å². The van der Waals surface area contributed by atoms with Gasteiger partial charge in [0.15, 0.2) is 0 Å². The van der Waals surface area contributed by atoms with Gasteiger partial charge in [-0.05, 0) is 42.5 Å². The molecule has 0 aromatic carbocycles. The molecule has 1 saturated carbocycles. The zero-order valence-electron chi connectivity index (χ0n) is 16.4. The molecule has 3 aromatic heterocycles. The lowest BCUT2D eigenvalue weighted by Crippen LogP contribution is -2.43. The fraction of sp³-hybridized carbons (Fsp3) is 0.391. The van der Waals surface area contributed by atoms with Crippen molar-refractivity contribution in [2.45, 2.75) is 31.6 Å². The van der Waals surface area contributed by atoms with Gasteiger partial charge in [-0.2, -0.15) is 0 Å². The van der Waals surface area contributed by atoms with Crippen molar-refractivity contribution < 1.29 is 0 Å². The normalized spacial score (nSPS) is 17.6. The highest BCUT2D eigenvalue weighted by Gasteiger charge is 2.24. The fourth-order valence-electron chi connectivity index (χ4n) is 4.52. The number of anilines is 3. The maximum atomic E-state index is 5.83. The molecule has 0 radical (unpaired) electrons. The van der Waals surface area contributed by atoms with E-state index in [1.54, 1.807) is 11.3 Å². The molecule has 6 heteroatoms. The number of thiophene rings is 1. The third-order valence-electron chi connectivity index (χ3n) is 5.99. The van der Waals surface area contributed by atoms with Gasteiger partial charge in [-0.25, -0.2) is 9.97 Å². The summed E-state index contributed by atoms with van der Waals surface area (Å²) in [7, 11) is 0. The Morgan fingerprint density at radius 1 is 1.10 bits per heavy atom. The molecule has 2 fully saturated rings. The minimum Gasteiger partial charge on any atom is -0.368 e. The quantitative estimate of drug-likeness (QED) is 0.629. The zero-order valence-corrected chi connectivity index (χ0v) is 17.3. The van der Waals surface area contributed by atoms with E-state index < -0.39 is 0 Å². The summed E-state index contributed by atoms with van der Waals surface area (Å²) in [6.45, 7) is 4.08. The van der Waals surface area contributed by atoms with Crippen LogP contribution in [0.2, 0.25) is 0 Å². The average Bonchev–Trinajstić information content (AvgIpc) is 3.42. The van der Waals surface area contributed by atoms with Crippen LogP contribution in [-0.2, 0) is 0 Å². The number of piperazine rings is 1. The molecule has 0 amide bonds. The van der Waals surface area contributed by atoms with E-state index in [1.165, 1.54) is 47.0 Å². The molecule has 5 rings (SSSR count). The van der Waals surface area contributed by atoms with Crippen LogP contribution in [0, 0.1) is 12.3 Å². The minimum atomic E-state index is 0.585. The Balaban J connectivity index is 1.40. The topological polar surface area (TPSA) is 53.1 Å². The van der Waals surface area contributed by atoms with E-state index in [9.17, 15) is 0 Å². The molecule has 0 spiro atoms. The van der Waals surface area contributed by atoms with E-state index >= 15 is 0 Å². The van der Waals surface area contributed by atoms with Crippen molar-refractivity contribution in [3.05, 3.63) is 41.0 Å². The van der Waals surface area contributed by atoms with Crippen LogP contribution >= 0.6 is 11.3 Å². The first-order valence-corrected chi connectivity index (χ1v) is 11.2. The smallest absolute Gasteiger partial charge is 0.132 e. The largest absolute Gasteiger partial charge is 0.368 e. The molecule has 0 bridgehead atoms. The molecule has 3 aromatic rings. The third kappa shape index (κ3) is 3.68. The van der Waals surface area contributed by atoms with Crippen molar-refractivity contribution in [3.63, 3.8) is 0 Å². The molecule has 148 valence electrons. The maximum Gasteiger partial charge on any atom is 0.132 e. The lowest BCUT2D eigenvalue weighted by molar-refractivity contribution is 0.589. The Labute approximate surface area is 175 Å². The summed E-state index contributed by atoms with van der Waals surface area (Å²) in [5.41, 5.74) is 2.53. The molecule has 4 heterocycles. The first-order chi connectivity index (χ1) is 14.3. The second-order valence-corrected chi connectivity index (χ2v) is 8.85. The van der Waals surface area contributed by atoms with Crippen LogP contribution in [0.25, 0.3) is 10.1 Å². The molecule has 5 nitrogen and oxygen atoms in total. The number of nitrogens with zero attached hydrogens (tertiary/aromatic N) is 3. The van der Waals surface area contributed by atoms with Crippen LogP contribution in [0.5, 0.6) is 0 Å². The van der Waals surface area contributed by atoms with E-state index in [0.717, 1.165) is 42.7 Å². The van der Waals surface area contributed by atoms with Crippen LogP contribution in [0.3, 0.4) is 0 Å². The van der Waals surface area contributed by atoms with Crippen molar-refractivity contribution in [1.82, 2.24) is 15.3 Å². The number of hydrogen-bond acceptors (Lipinski definition) is 6. The molecular formula is C23H25N5S. The Kier molecular flexibility index (Phi) is 5.09. The Morgan fingerprint density at radius 3 is 2.62 bits per heavy atom. The van der Waals surface area contributed by atoms with Crippen LogP contribution in [0.15, 0.2) is 30.6 Å². The van der Waals surface area contributed by atoms with Gasteiger partial charge < -0.3 is 15.5 Å². The van der Waals surface area contributed by atoms with Crippen LogP contribution in [-0.4, -0.2) is 36.1 Å². The van der Waals surface area contributed by atoms with Crippen molar-refractivity contribution in [3.8, 4) is 12.3 Å². The van der Waals surface area contributed by atoms with E-state index in [2.05, 4.69) is 43.6 Å². The van der Waals surface area contributed by atoms with Gasteiger partial charge in [0.2, 0.25) is 0 Å². The number of hydrogen-bond donors (Lipinski definition) is 2. The predicted octanol–water partition coefficient (Wildman–Crippen LogP) is 4.48. The molecule has 2 aliphatic rings. The van der Waals surface area contributed by atoms with Gasteiger partial charge in [-0.3, -0.25) is 0 Å². The highest BCUT2D eigenvalue weighted by molar-refractivity contribution is 7.19. The van der Waals surface area contributed by atoms with Gasteiger partial charge in [-0.1, -0.05) is 18.8 Å². The van der Waals surface area contributed by atoms with Gasteiger partial charge >= 0.3 is 0 Å². The summed E-state index contributed by atoms with van der Waals surface area (Å²) < 4.78 is 1.17. The van der Waals surface area contributed by atoms with Crippen molar-refractivity contribution in [2.24, 2.45) is 0 Å². The highest BCUT2D eigenvalue weighted by Crippen LogP contribution is 2.43. The molecule has 29 heavy (non-hydrogen) atoms. The lowest BCUT2D eigenvalue weighted by Gasteiger charge is -2.29. The second-order valence-electron chi connectivity index (χ2n) is 7.80. The lowest BCUT2D eigenvalue weighted by atomic mass is 9.95. The number of aromatic nitrogens is 2. The summed E-state index contributed by atoms with van der Waals surface area (Å²) in [5, 5.41) is 8.01. The number of nitrogens with one attached hydrogen (secondary N) is 2. The van der Waals surface area contributed by atoms with E-state index in [-0.39, 0.29) is 0 Å². The van der Waals surface area contributed by atoms with Crippen LogP contribution in [0.1, 0.15) is 42.0 Å². The molecule has 1 saturated heterocycles. The molecular weight excluding hydrogens is 378 g/mol. The fourth-order valence-corrected chi connectivity index (χ4v) is 5.57. The first-order valence-electron chi connectivity index (χ1n) is 10.4. The van der Waals surface area contributed by atoms with Gasteiger partial charge in [0.05, 0.1) is 21.5 Å². The summed E-state index contributed by atoms with van der Waals surface area (Å²) in [6, 6.07) is 6.30. The third-order valence-corrected chi connectivity index (χ3v) is 7.08. The summed E-state index contributed by atoms with van der Waals surface area (Å²) in [6.07, 6.45) is 14.8. The highest BCUT2D eigenvalue weighted by atomic mass is 32.1. The zero-order chi connectivity index (χ0) is 19.6. The van der Waals surface area contributed by atoms with E-state index in [4.69, 9.17) is 6.42 Å². The van der Waals surface area contributed by atoms with Gasteiger partial charge in [0, 0.05) is 37.8 Å². The molecule has 1 aliphatic heterocycles. The summed E-state index contributed by atoms with van der Waals surface area (Å²) >= 11 is 1.69. The van der Waals surface area contributed by atoms with E-state index in [0.29, 0.717) is 5.92 Å². The Morgan fingerprint density at radius 2 is 1.90 bits per heavy atom. The molecule has 1 aliphatic carbocycles. The molecule has 2 N–H and O–H groups in total. The van der Waals surface area contributed by atoms with Crippen molar-refractivity contribution in [2.75, 3.05) is 36.4 Å².